The Bertz CT molecular complexity index is 281. The highest BCUT2D eigenvalue weighted by Gasteiger charge is 2.04. The summed E-state index contributed by atoms with van der Waals surface area (Å²) in [5, 5.41) is 3.23. The average Bonchev–Trinajstić information content (AvgIpc) is 2.59. The lowest BCUT2D eigenvalue weighted by atomic mass is 10.4. The normalized spacial score (nSPS) is 10.5. The summed E-state index contributed by atoms with van der Waals surface area (Å²) in [4.78, 5) is 4.12. The van der Waals surface area contributed by atoms with Crippen molar-refractivity contribution in [3.8, 4) is 6.08 Å². The Morgan fingerprint density at radius 1 is 1.71 bits per heavy atom. The number of ether oxygens (including phenoxy) is 1. The summed E-state index contributed by atoms with van der Waals surface area (Å²) in [6.07, 6.45) is 3.54. The summed E-state index contributed by atoms with van der Waals surface area (Å²) in [5.74, 6) is 0. The largest absolute Gasteiger partial charge is 0.446 e. The number of nitrogens with zero attached hydrogens (tertiary/aromatic N) is 1. The first-order valence-electron chi connectivity index (χ1n) is 4.64. The maximum atomic E-state index is 5.12. The number of hydrogen-bond acceptors (Lipinski definition) is 4. The van der Waals surface area contributed by atoms with Crippen molar-refractivity contribution in [1.82, 2.24) is 10.3 Å². The lowest BCUT2D eigenvalue weighted by Crippen LogP contribution is -2.21. The van der Waals surface area contributed by atoms with E-state index in [1.165, 1.54) is 0 Å². The van der Waals surface area contributed by atoms with Gasteiger partial charge in [0.15, 0.2) is 0 Å². The summed E-state index contributed by atoms with van der Waals surface area (Å²) in [6, 6.07) is 0.434. The van der Waals surface area contributed by atoms with Crippen molar-refractivity contribution in [2.75, 3.05) is 6.61 Å². The van der Waals surface area contributed by atoms with E-state index in [1.807, 2.05) is 0 Å². The van der Waals surface area contributed by atoms with E-state index in [0.29, 0.717) is 25.3 Å². The molecule has 78 valence electrons. The molecule has 0 atom stereocenters. The molecule has 4 heteroatoms. The molecule has 4 nitrogen and oxygen atoms in total. The molecule has 0 amide bonds. The third-order valence-electron chi connectivity index (χ3n) is 1.55. The summed E-state index contributed by atoms with van der Waals surface area (Å²) in [6.45, 7) is 8.80. The van der Waals surface area contributed by atoms with Gasteiger partial charge in [-0.05, 0) is 0 Å². The van der Waals surface area contributed by atoms with Crippen molar-refractivity contribution in [3.63, 3.8) is 0 Å². The van der Waals surface area contributed by atoms with Crippen LogP contribution in [0, 0.1) is 0 Å². The lowest BCUT2D eigenvalue weighted by molar-refractivity contribution is 0.258. The Hall–Kier alpha value is -1.29. The van der Waals surface area contributed by atoms with Crippen LogP contribution in [0.25, 0.3) is 0 Å². The molecule has 0 bridgehead atoms. The second kappa shape index (κ2) is 5.44. The van der Waals surface area contributed by atoms with E-state index >= 15 is 0 Å². The number of rotatable bonds is 6. The fraction of sp³-hybridized carbons (Fsp3) is 0.500. The highest BCUT2D eigenvalue weighted by Crippen LogP contribution is 2.09. The molecule has 0 spiro atoms. The molecule has 0 unspecified atom stereocenters. The third-order valence-corrected chi connectivity index (χ3v) is 1.55. The van der Waals surface area contributed by atoms with Gasteiger partial charge in [0.05, 0.1) is 5.69 Å². The van der Waals surface area contributed by atoms with Crippen LogP contribution in [0.1, 0.15) is 19.5 Å². The quantitative estimate of drug-likeness (QED) is 0.704. The molecule has 1 rings (SSSR count). The van der Waals surface area contributed by atoms with E-state index in [-0.39, 0.29) is 0 Å². The summed E-state index contributed by atoms with van der Waals surface area (Å²) < 4.78 is 10.2. The van der Waals surface area contributed by atoms with Gasteiger partial charge in [0.2, 0.25) is 0 Å². The average molecular weight is 196 g/mol. The predicted octanol–water partition coefficient (Wildman–Crippen LogP) is 1.74. The summed E-state index contributed by atoms with van der Waals surface area (Å²) >= 11 is 0. The molecule has 14 heavy (non-hydrogen) atoms. The van der Waals surface area contributed by atoms with Crippen LogP contribution < -0.4 is 10.1 Å². The SMILES string of the molecule is C=CCOc1nc(CNC(C)C)co1. The number of aromatic nitrogens is 1. The van der Waals surface area contributed by atoms with Crippen molar-refractivity contribution in [1.29, 1.82) is 0 Å². The molecule has 0 saturated carbocycles. The molecule has 0 fully saturated rings. The zero-order valence-electron chi connectivity index (χ0n) is 8.62. The molecule has 0 aliphatic rings. The zero-order chi connectivity index (χ0) is 10.4. The van der Waals surface area contributed by atoms with Gasteiger partial charge in [0, 0.05) is 12.6 Å². The van der Waals surface area contributed by atoms with Crippen LogP contribution in [0.15, 0.2) is 23.3 Å². The smallest absolute Gasteiger partial charge is 0.394 e. The van der Waals surface area contributed by atoms with E-state index < -0.39 is 0 Å². The molecule has 1 heterocycles. The Kier molecular flexibility index (Phi) is 4.19. The second-order valence-electron chi connectivity index (χ2n) is 3.24. The van der Waals surface area contributed by atoms with E-state index in [1.54, 1.807) is 12.3 Å². The Labute approximate surface area is 84.0 Å². The maximum absolute atomic E-state index is 5.12. The van der Waals surface area contributed by atoms with Crippen LogP contribution >= 0.6 is 0 Å². The molecule has 1 aromatic heterocycles. The van der Waals surface area contributed by atoms with Gasteiger partial charge in [-0.3, -0.25) is 0 Å². The van der Waals surface area contributed by atoms with E-state index in [4.69, 9.17) is 9.15 Å². The van der Waals surface area contributed by atoms with Crippen molar-refractivity contribution in [3.05, 3.63) is 24.6 Å². The van der Waals surface area contributed by atoms with Gasteiger partial charge < -0.3 is 14.5 Å². The minimum atomic E-state index is 0.297. The first-order chi connectivity index (χ1) is 6.72. The molecule has 0 aliphatic carbocycles. The topological polar surface area (TPSA) is 47.3 Å². The number of oxazole rings is 1. The van der Waals surface area contributed by atoms with Gasteiger partial charge >= 0.3 is 6.08 Å². The maximum Gasteiger partial charge on any atom is 0.394 e. The first kappa shape index (κ1) is 10.8. The zero-order valence-corrected chi connectivity index (χ0v) is 8.62. The molecule has 1 N–H and O–H groups in total. The molecule has 0 aromatic carbocycles. The minimum absolute atomic E-state index is 0.297. The fourth-order valence-corrected chi connectivity index (χ4v) is 0.875. The van der Waals surface area contributed by atoms with Gasteiger partial charge in [-0.15, -0.1) is 0 Å². The second-order valence-corrected chi connectivity index (χ2v) is 3.24. The lowest BCUT2D eigenvalue weighted by Gasteiger charge is -2.03. The van der Waals surface area contributed by atoms with Crippen molar-refractivity contribution >= 4 is 0 Å². The summed E-state index contributed by atoms with van der Waals surface area (Å²) in [7, 11) is 0. The van der Waals surface area contributed by atoms with Gasteiger partial charge in [0.1, 0.15) is 12.9 Å². The molecule has 0 saturated heterocycles. The molecule has 0 aliphatic heterocycles. The van der Waals surface area contributed by atoms with Gasteiger partial charge in [0.25, 0.3) is 0 Å². The van der Waals surface area contributed by atoms with Crippen LogP contribution in [0.2, 0.25) is 0 Å². The Morgan fingerprint density at radius 2 is 2.50 bits per heavy atom. The fourth-order valence-electron chi connectivity index (χ4n) is 0.875. The van der Waals surface area contributed by atoms with Gasteiger partial charge in [-0.1, -0.05) is 26.5 Å². The van der Waals surface area contributed by atoms with Crippen LogP contribution in [-0.2, 0) is 6.54 Å². The Morgan fingerprint density at radius 3 is 3.14 bits per heavy atom. The van der Waals surface area contributed by atoms with Crippen molar-refractivity contribution < 1.29 is 9.15 Å². The van der Waals surface area contributed by atoms with Crippen LogP contribution in [-0.4, -0.2) is 17.6 Å². The third kappa shape index (κ3) is 3.62. The summed E-state index contributed by atoms with van der Waals surface area (Å²) in [5.41, 5.74) is 0.845. The highest BCUT2D eigenvalue weighted by molar-refractivity contribution is 4.99. The van der Waals surface area contributed by atoms with E-state index in [0.717, 1.165) is 5.69 Å². The van der Waals surface area contributed by atoms with Gasteiger partial charge in [-0.25, -0.2) is 0 Å². The van der Waals surface area contributed by atoms with Crippen LogP contribution in [0.3, 0.4) is 0 Å². The van der Waals surface area contributed by atoms with Crippen LogP contribution in [0.5, 0.6) is 6.08 Å². The van der Waals surface area contributed by atoms with Crippen molar-refractivity contribution in [2.45, 2.75) is 26.4 Å². The predicted molar refractivity (Wildman–Crippen MR) is 54.2 cm³/mol. The van der Waals surface area contributed by atoms with Gasteiger partial charge in [-0.2, -0.15) is 4.98 Å². The number of hydrogen-bond donors (Lipinski definition) is 1. The highest BCUT2D eigenvalue weighted by atomic mass is 16.6. The standard InChI is InChI=1S/C10H16N2O2/c1-4-5-13-10-12-9(7-14-10)6-11-8(2)3/h4,7-8,11H,1,5-6H2,2-3H3. The monoisotopic (exact) mass is 196 g/mol. The van der Waals surface area contributed by atoms with Crippen molar-refractivity contribution in [2.24, 2.45) is 0 Å². The minimum Gasteiger partial charge on any atom is -0.446 e. The number of nitrogens with one attached hydrogen (secondary N) is 1. The van der Waals surface area contributed by atoms with E-state index in [9.17, 15) is 0 Å². The molecular weight excluding hydrogens is 180 g/mol. The first-order valence-corrected chi connectivity index (χ1v) is 4.64. The van der Waals surface area contributed by atoms with Crippen LogP contribution in [0.4, 0.5) is 0 Å². The molecular formula is C10H16N2O2. The molecule has 1 aromatic rings. The Balaban J connectivity index is 2.38. The molecule has 0 radical (unpaired) electrons. The van der Waals surface area contributed by atoms with E-state index in [2.05, 4.69) is 30.7 Å².